The molecule has 21 heavy (non-hydrogen) atoms. The molecule has 0 aromatic heterocycles. The Kier molecular flexibility index (Phi) is 4.61. The molecule has 1 atom stereocenters. The minimum absolute atomic E-state index is 0.0181. The van der Waals surface area contributed by atoms with Gasteiger partial charge in [0.25, 0.3) is 0 Å². The molecule has 112 valence electrons. The molecule has 0 radical (unpaired) electrons. The molecule has 0 bridgehead atoms. The van der Waals surface area contributed by atoms with E-state index in [9.17, 15) is 9.90 Å². The Morgan fingerprint density at radius 1 is 1.29 bits per heavy atom. The Morgan fingerprint density at radius 3 is 2.52 bits per heavy atom. The van der Waals surface area contributed by atoms with Crippen molar-refractivity contribution in [3.05, 3.63) is 47.2 Å². The molecule has 3 heteroatoms. The summed E-state index contributed by atoms with van der Waals surface area (Å²) in [5.41, 5.74) is 1.34. The number of hydrogen-bond donors (Lipinski definition) is 1. The van der Waals surface area contributed by atoms with E-state index in [1.54, 1.807) is 6.21 Å². The maximum Gasteiger partial charge on any atom is 0.168 e. The smallest absolute Gasteiger partial charge is 0.168 e. The van der Waals surface area contributed by atoms with E-state index in [0.29, 0.717) is 18.4 Å². The lowest BCUT2D eigenvalue weighted by atomic mass is 9.77. The van der Waals surface area contributed by atoms with Crippen molar-refractivity contribution in [1.82, 2.24) is 0 Å². The number of aliphatic imine (C=N–C) groups is 1. The number of benzene rings is 1. The van der Waals surface area contributed by atoms with E-state index in [2.05, 4.69) is 11.9 Å². The number of Topliss-reactive ketones (excluding diaryl/α,β-unsaturated/α-hetero) is 1. The number of nitrogens with zero attached hydrogens (tertiary/aromatic N) is 1. The molecule has 3 nitrogen and oxygen atoms in total. The molecule has 0 saturated heterocycles. The van der Waals surface area contributed by atoms with Crippen LogP contribution in [0.5, 0.6) is 0 Å². The zero-order valence-electron chi connectivity index (χ0n) is 13.0. The van der Waals surface area contributed by atoms with E-state index in [-0.39, 0.29) is 23.0 Å². The summed E-state index contributed by atoms with van der Waals surface area (Å²) in [5.74, 6) is 0.151. The molecule has 1 N–H and O–H groups in total. The summed E-state index contributed by atoms with van der Waals surface area (Å²) in [4.78, 5) is 16.7. The standard InChI is InChI=1S/C18H23NO2/c1-4-15(13-8-6-5-7-9-13)19-12-14-16(20)10-18(2,3)11-17(14)21/h5-9,12,15,20H,4,10-11H2,1-3H3. The predicted molar refractivity (Wildman–Crippen MR) is 85.6 cm³/mol. The molecule has 1 aliphatic carbocycles. The molecule has 1 aromatic rings. The second kappa shape index (κ2) is 6.25. The van der Waals surface area contributed by atoms with E-state index >= 15 is 0 Å². The molecule has 1 aromatic carbocycles. The van der Waals surface area contributed by atoms with Gasteiger partial charge in [0, 0.05) is 19.1 Å². The summed E-state index contributed by atoms with van der Waals surface area (Å²) >= 11 is 0. The molecule has 1 unspecified atom stereocenters. The van der Waals surface area contributed by atoms with Gasteiger partial charge in [-0.25, -0.2) is 0 Å². The van der Waals surface area contributed by atoms with E-state index in [1.807, 2.05) is 44.2 Å². The van der Waals surface area contributed by atoms with Crippen molar-refractivity contribution in [2.75, 3.05) is 0 Å². The van der Waals surface area contributed by atoms with E-state index < -0.39 is 0 Å². The van der Waals surface area contributed by atoms with Gasteiger partial charge in [0.05, 0.1) is 11.6 Å². The largest absolute Gasteiger partial charge is 0.511 e. The Bertz CT molecular complexity index is 570. The molecular weight excluding hydrogens is 262 g/mol. The minimum atomic E-state index is -0.165. The molecule has 0 heterocycles. The van der Waals surface area contributed by atoms with Crippen LogP contribution in [-0.2, 0) is 4.79 Å². The number of rotatable bonds is 4. The maximum atomic E-state index is 12.1. The number of ketones is 1. The highest BCUT2D eigenvalue weighted by molar-refractivity contribution is 6.14. The van der Waals surface area contributed by atoms with Crippen LogP contribution in [0.1, 0.15) is 51.6 Å². The highest BCUT2D eigenvalue weighted by Crippen LogP contribution is 2.35. The van der Waals surface area contributed by atoms with Crippen molar-refractivity contribution in [2.45, 2.75) is 46.1 Å². The minimum Gasteiger partial charge on any atom is -0.511 e. The van der Waals surface area contributed by atoms with Gasteiger partial charge in [-0.05, 0) is 17.4 Å². The summed E-state index contributed by atoms with van der Waals surface area (Å²) in [7, 11) is 0. The van der Waals surface area contributed by atoms with Gasteiger partial charge in [-0.1, -0.05) is 51.1 Å². The van der Waals surface area contributed by atoms with Crippen LogP contribution in [0.4, 0.5) is 0 Å². The first-order valence-electron chi connectivity index (χ1n) is 7.46. The maximum absolute atomic E-state index is 12.1. The van der Waals surface area contributed by atoms with Crippen LogP contribution in [0.25, 0.3) is 0 Å². The topological polar surface area (TPSA) is 49.7 Å². The van der Waals surface area contributed by atoms with Crippen LogP contribution in [0, 0.1) is 5.41 Å². The van der Waals surface area contributed by atoms with Crippen LogP contribution in [-0.4, -0.2) is 17.1 Å². The normalized spacial score (nSPS) is 20.0. The lowest BCUT2D eigenvalue weighted by Crippen LogP contribution is -2.26. The fraction of sp³-hybridized carbons (Fsp3) is 0.444. The number of aliphatic hydroxyl groups excluding tert-OH is 1. The number of aliphatic hydroxyl groups is 1. The van der Waals surface area contributed by atoms with Gasteiger partial charge in [0.1, 0.15) is 5.76 Å². The fourth-order valence-electron chi connectivity index (χ4n) is 2.72. The quantitative estimate of drug-likeness (QED) is 0.833. The van der Waals surface area contributed by atoms with E-state index in [0.717, 1.165) is 12.0 Å². The number of carbonyl (C=O) groups is 1. The summed E-state index contributed by atoms with van der Waals surface area (Å²) in [5, 5.41) is 10.1. The molecule has 0 amide bonds. The third-order valence-electron chi connectivity index (χ3n) is 3.85. The number of hydrogen-bond acceptors (Lipinski definition) is 3. The van der Waals surface area contributed by atoms with Gasteiger partial charge >= 0.3 is 0 Å². The van der Waals surface area contributed by atoms with Crippen LogP contribution in [0.3, 0.4) is 0 Å². The van der Waals surface area contributed by atoms with Crippen molar-refractivity contribution in [3.63, 3.8) is 0 Å². The summed E-state index contributed by atoms with van der Waals surface area (Å²) in [6.45, 7) is 6.05. The third-order valence-corrected chi connectivity index (χ3v) is 3.85. The highest BCUT2D eigenvalue weighted by Gasteiger charge is 2.32. The second-order valence-corrected chi connectivity index (χ2v) is 6.41. The Morgan fingerprint density at radius 2 is 1.95 bits per heavy atom. The van der Waals surface area contributed by atoms with E-state index in [4.69, 9.17) is 0 Å². The average Bonchev–Trinajstić information content (AvgIpc) is 2.42. The highest BCUT2D eigenvalue weighted by atomic mass is 16.3. The van der Waals surface area contributed by atoms with Crippen molar-refractivity contribution < 1.29 is 9.90 Å². The fourth-order valence-corrected chi connectivity index (χ4v) is 2.72. The van der Waals surface area contributed by atoms with Crippen LogP contribution >= 0.6 is 0 Å². The molecule has 0 aliphatic heterocycles. The lowest BCUT2D eigenvalue weighted by Gasteiger charge is -2.28. The third kappa shape index (κ3) is 3.81. The SMILES string of the molecule is CCC(N=CC1=C(O)CC(C)(C)CC1=O)c1ccccc1. The molecule has 0 saturated carbocycles. The van der Waals surface area contributed by atoms with Crippen LogP contribution < -0.4 is 0 Å². The Labute approximate surface area is 126 Å². The average molecular weight is 285 g/mol. The van der Waals surface area contributed by atoms with Crippen molar-refractivity contribution >= 4 is 12.0 Å². The van der Waals surface area contributed by atoms with Gasteiger partial charge in [0.15, 0.2) is 5.78 Å². The summed E-state index contributed by atoms with van der Waals surface area (Å²) in [6, 6.07) is 10.0. The summed E-state index contributed by atoms with van der Waals surface area (Å²) < 4.78 is 0. The van der Waals surface area contributed by atoms with Gasteiger partial charge in [-0.3, -0.25) is 9.79 Å². The van der Waals surface area contributed by atoms with Crippen molar-refractivity contribution in [2.24, 2.45) is 10.4 Å². The first kappa shape index (κ1) is 15.5. The first-order valence-corrected chi connectivity index (χ1v) is 7.46. The second-order valence-electron chi connectivity index (χ2n) is 6.41. The summed E-state index contributed by atoms with van der Waals surface area (Å²) in [6.07, 6.45) is 3.41. The van der Waals surface area contributed by atoms with Gasteiger partial charge in [-0.15, -0.1) is 0 Å². The van der Waals surface area contributed by atoms with Crippen molar-refractivity contribution in [3.8, 4) is 0 Å². The molecule has 0 fully saturated rings. The predicted octanol–water partition coefficient (Wildman–Crippen LogP) is 4.41. The Hall–Kier alpha value is -1.90. The molecule has 1 aliphatic rings. The number of allylic oxidation sites excluding steroid dienone is 2. The van der Waals surface area contributed by atoms with Crippen molar-refractivity contribution in [1.29, 1.82) is 0 Å². The molecule has 2 rings (SSSR count). The van der Waals surface area contributed by atoms with Crippen LogP contribution in [0.2, 0.25) is 0 Å². The Balaban J connectivity index is 2.22. The zero-order chi connectivity index (χ0) is 15.5. The monoisotopic (exact) mass is 285 g/mol. The van der Waals surface area contributed by atoms with Crippen LogP contribution in [0.15, 0.2) is 46.7 Å². The van der Waals surface area contributed by atoms with Gasteiger partial charge < -0.3 is 5.11 Å². The van der Waals surface area contributed by atoms with E-state index in [1.165, 1.54) is 0 Å². The molecular formula is C18H23NO2. The molecule has 0 spiro atoms. The lowest BCUT2D eigenvalue weighted by molar-refractivity contribution is -0.117. The zero-order valence-corrected chi connectivity index (χ0v) is 13.0. The number of carbonyl (C=O) groups excluding carboxylic acids is 1. The first-order chi connectivity index (χ1) is 9.93. The van der Waals surface area contributed by atoms with Gasteiger partial charge in [-0.2, -0.15) is 0 Å². The van der Waals surface area contributed by atoms with Gasteiger partial charge in [0.2, 0.25) is 0 Å².